The fraction of sp³-hybridized carbons (Fsp3) is 0.615. The lowest BCUT2D eigenvalue weighted by molar-refractivity contribution is 0.205. The van der Waals surface area contributed by atoms with Gasteiger partial charge < -0.3 is 10.4 Å². The van der Waals surface area contributed by atoms with E-state index in [1.807, 2.05) is 25.1 Å². The Bertz CT molecular complexity index is 340. The van der Waals surface area contributed by atoms with Gasteiger partial charge in [-0.05, 0) is 37.8 Å². The molecule has 88 valence electrons. The summed E-state index contributed by atoms with van der Waals surface area (Å²) in [5.74, 6) is 0.435. The molecule has 0 radical (unpaired) electrons. The van der Waals surface area contributed by atoms with Crippen molar-refractivity contribution in [3.05, 3.63) is 29.6 Å². The van der Waals surface area contributed by atoms with E-state index in [0.717, 1.165) is 24.4 Å². The molecule has 2 N–H and O–H groups in total. The highest BCUT2D eigenvalue weighted by atomic mass is 16.3. The smallest absolute Gasteiger partial charge is 0.0544 e. The van der Waals surface area contributed by atoms with Gasteiger partial charge in [-0.25, -0.2) is 0 Å². The summed E-state index contributed by atoms with van der Waals surface area (Å²) >= 11 is 0. The van der Waals surface area contributed by atoms with Gasteiger partial charge in [0.25, 0.3) is 0 Å². The molecule has 1 aliphatic rings. The van der Waals surface area contributed by atoms with Crippen molar-refractivity contribution in [1.29, 1.82) is 0 Å². The van der Waals surface area contributed by atoms with Crippen molar-refractivity contribution in [2.24, 2.45) is 5.92 Å². The zero-order valence-electron chi connectivity index (χ0n) is 9.82. The molecule has 3 heteroatoms. The molecule has 16 heavy (non-hydrogen) atoms. The molecule has 1 aliphatic carbocycles. The Kier molecular flexibility index (Phi) is 3.91. The van der Waals surface area contributed by atoms with Crippen LogP contribution in [-0.2, 0) is 6.54 Å². The molecule has 1 aromatic rings. The summed E-state index contributed by atoms with van der Waals surface area (Å²) in [5.41, 5.74) is 2.15. The number of aromatic nitrogens is 1. The lowest BCUT2D eigenvalue weighted by Crippen LogP contribution is -2.33. The number of hydrogen-bond acceptors (Lipinski definition) is 3. The normalized spacial score (nSPS) is 24.9. The second-order valence-electron chi connectivity index (χ2n) is 4.63. The molecule has 0 saturated heterocycles. The van der Waals surface area contributed by atoms with Crippen LogP contribution in [0.1, 0.15) is 30.7 Å². The molecule has 0 amide bonds. The topological polar surface area (TPSA) is 45.1 Å². The first-order valence-electron chi connectivity index (χ1n) is 6.06. The van der Waals surface area contributed by atoms with E-state index < -0.39 is 0 Å². The number of aliphatic hydroxyl groups excluding tert-OH is 1. The van der Waals surface area contributed by atoms with E-state index in [1.165, 1.54) is 12.8 Å². The molecule has 0 aromatic carbocycles. The van der Waals surface area contributed by atoms with Gasteiger partial charge in [0.15, 0.2) is 0 Å². The fourth-order valence-corrected chi connectivity index (χ4v) is 2.46. The molecule has 2 atom stereocenters. The van der Waals surface area contributed by atoms with E-state index in [-0.39, 0.29) is 0 Å². The Morgan fingerprint density at radius 1 is 1.44 bits per heavy atom. The van der Waals surface area contributed by atoms with Gasteiger partial charge in [-0.15, -0.1) is 0 Å². The first-order valence-corrected chi connectivity index (χ1v) is 6.06. The van der Waals surface area contributed by atoms with Crippen LogP contribution in [0.25, 0.3) is 0 Å². The first-order chi connectivity index (χ1) is 7.79. The average molecular weight is 220 g/mol. The zero-order valence-corrected chi connectivity index (χ0v) is 9.82. The highest BCUT2D eigenvalue weighted by molar-refractivity contribution is 5.09. The minimum Gasteiger partial charge on any atom is -0.396 e. The van der Waals surface area contributed by atoms with Gasteiger partial charge in [-0.1, -0.05) is 12.5 Å². The van der Waals surface area contributed by atoms with Crippen LogP contribution in [-0.4, -0.2) is 22.7 Å². The predicted octanol–water partition coefficient (Wildman–Crippen LogP) is 1.64. The first kappa shape index (κ1) is 11.6. The molecule has 2 unspecified atom stereocenters. The zero-order chi connectivity index (χ0) is 11.4. The minimum absolute atomic E-state index is 0.304. The maximum atomic E-state index is 9.22. The molecular formula is C13H20N2O. The van der Waals surface area contributed by atoms with E-state index in [1.54, 1.807) is 0 Å². The van der Waals surface area contributed by atoms with E-state index in [2.05, 4.69) is 10.3 Å². The van der Waals surface area contributed by atoms with Gasteiger partial charge in [0.05, 0.1) is 5.69 Å². The van der Waals surface area contributed by atoms with Crippen LogP contribution in [0.4, 0.5) is 0 Å². The van der Waals surface area contributed by atoms with Gasteiger partial charge in [0.2, 0.25) is 0 Å². The van der Waals surface area contributed by atoms with Crippen LogP contribution in [0.3, 0.4) is 0 Å². The number of rotatable bonds is 4. The van der Waals surface area contributed by atoms with Crippen molar-refractivity contribution in [2.75, 3.05) is 6.61 Å². The average Bonchev–Trinajstić information content (AvgIpc) is 2.74. The highest BCUT2D eigenvalue weighted by Crippen LogP contribution is 2.25. The highest BCUT2D eigenvalue weighted by Gasteiger charge is 2.25. The largest absolute Gasteiger partial charge is 0.396 e. The molecule has 0 aliphatic heterocycles. The second-order valence-corrected chi connectivity index (χ2v) is 4.63. The lowest BCUT2D eigenvalue weighted by Gasteiger charge is -2.18. The maximum Gasteiger partial charge on any atom is 0.0544 e. The quantitative estimate of drug-likeness (QED) is 0.811. The van der Waals surface area contributed by atoms with Gasteiger partial charge in [-0.3, -0.25) is 4.98 Å². The Morgan fingerprint density at radius 2 is 2.31 bits per heavy atom. The summed E-state index contributed by atoms with van der Waals surface area (Å²) in [6, 6.07) is 6.56. The second kappa shape index (κ2) is 5.41. The number of aryl methyl sites for hydroxylation is 1. The van der Waals surface area contributed by atoms with Crippen LogP contribution < -0.4 is 5.32 Å². The van der Waals surface area contributed by atoms with Crippen molar-refractivity contribution >= 4 is 0 Å². The third-order valence-corrected chi connectivity index (χ3v) is 3.38. The molecule has 2 rings (SSSR count). The molecule has 0 spiro atoms. The molecule has 3 nitrogen and oxygen atoms in total. The Labute approximate surface area is 96.9 Å². The number of pyridine rings is 1. The van der Waals surface area contributed by atoms with Crippen molar-refractivity contribution in [2.45, 2.75) is 38.8 Å². The van der Waals surface area contributed by atoms with Crippen LogP contribution in [0.5, 0.6) is 0 Å². The number of nitrogens with one attached hydrogen (secondary N) is 1. The fourth-order valence-electron chi connectivity index (χ4n) is 2.46. The van der Waals surface area contributed by atoms with Crippen LogP contribution in [0.15, 0.2) is 18.2 Å². The van der Waals surface area contributed by atoms with Gasteiger partial charge >= 0.3 is 0 Å². The van der Waals surface area contributed by atoms with E-state index in [0.29, 0.717) is 18.6 Å². The summed E-state index contributed by atoms with van der Waals surface area (Å²) in [6.45, 7) is 3.12. The molecule has 1 fully saturated rings. The van der Waals surface area contributed by atoms with Crippen molar-refractivity contribution in [3.63, 3.8) is 0 Å². The molecular weight excluding hydrogens is 200 g/mol. The molecule has 1 heterocycles. The van der Waals surface area contributed by atoms with E-state index >= 15 is 0 Å². The van der Waals surface area contributed by atoms with Crippen molar-refractivity contribution in [3.8, 4) is 0 Å². The minimum atomic E-state index is 0.304. The number of hydrogen-bond donors (Lipinski definition) is 2. The Morgan fingerprint density at radius 3 is 3.06 bits per heavy atom. The number of nitrogens with zero attached hydrogens (tertiary/aromatic N) is 1. The Balaban J connectivity index is 1.87. The Hall–Kier alpha value is -0.930. The summed E-state index contributed by atoms with van der Waals surface area (Å²) in [5, 5.41) is 12.7. The van der Waals surface area contributed by atoms with E-state index in [4.69, 9.17) is 0 Å². The molecule has 0 bridgehead atoms. The standard InChI is InChI=1S/C13H20N2O/c1-10-4-2-6-12(15-10)8-14-13-7-3-5-11(13)9-16/h2,4,6,11,13-14,16H,3,5,7-9H2,1H3. The monoisotopic (exact) mass is 220 g/mol. The van der Waals surface area contributed by atoms with Crippen LogP contribution in [0, 0.1) is 12.8 Å². The third kappa shape index (κ3) is 2.80. The summed E-state index contributed by atoms with van der Waals surface area (Å²) < 4.78 is 0. The summed E-state index contributed by atoms with van der Waals surface area (Å²) in [4.78, 5) is 4.46. The predicted molar refractivity (Wildman–Crippen MR) is 64.0 cm³/mol. The summed E-state index contributed by atoms with van der Waals surface area (Å²) in [6.07, 6.45) is 3.55. The SMILES string of the molecule is Cc1cccc(CNC2CCCC2CO)n1. The van der Waals surface area contributed by atoms with Crippen LogP contribution >= 0.6 is 0 Å². The van der Waals surface area contributed by atoms with Crippen LogP contribution in [0.2, 0.25) is 0 Å². The number of aliphatic hydroxyl groups is 1. The molecule has 1 aromatic heterocycles. The van der Waals surface area contributed by atoms with E-state index in [9.17, 15) is 5.11 Å². The van der Waals surface area contributed by atoms with Crippen molar-refractivity contribution in [1.82, 2.24) is 10.3 Å². The molecule has 1 saturated carbocycles. The lowest BCUT2D eigenvalue weighted by atomic mass is 10.1. The third-order valence-electron chi connectivity index (χ3n) is 3.38. The summed E-state index contributed by atoms with van der Waals surface area (Å²) in [7, 11) is 0. The van der Waals surface area contributed by atoms with Gasteiger partial charge in [0, 0.05) is 24.9 Å². The van der Waals surface area contributed by atoms with Gasteiger partial charge in [0.1, 0.15) is 0 Å². The maximum absolute atomic E-state index is 9.22. The van der Waals surface area contributed by atoms with Gasteiger partial charge in [-0.2, -0.15) is 0 Å². The van der Waals surface area contributed by atoms with Crippen molar-refractivity contribution < 1.29 is 5.11 Å².